The molecule has 0 radical (unpaired) electrons. The van der Waals surface area contributed by atoms with Crippen LogP contribution in [0, 0.1) is 5.92 Å². The summed E-state index contributed by atoms with van der Waals surface area (Å²) < 4.78 is 9.88. The number of carbonyl (C=O) groups is 2. The van der Waals surface area contributed by atoms with Crippen LogP contribution in [-0.2, 0) is 19.1 Å². The summed E-state index contributed by atoms with van der Waals surface area (Å²) in [6.45, 7) is 5.72. The Balaban J connectivity index is 0.00000289. The smallest absolute Gasteiger partial charge is 0.324 e. The lowest BCUT2D eigenvalue weighted by molar-refractivity contribution is -0.159. The van der Waals surface area contributed by atoms with Crippen molar-refractivity contribution in [3.05, 3.63) is 0 Å². The number of rotatable bonds is 2. The van der Waals surface area contributed by atoms with E-state index in [1.807, 2.05) is 0 Å². The largest absolute Gasteiger partial charge is 0.468 e. The molecule has 0 aromatic heterocycles. The van der Waals surface area contributed by atoms with Crippen LogP contribution in [0.4, 0.5) is 0 Å². The number of methoxy groups -OCH3 is 1. The molecule has 1 fully saturated rings. The molecule has 18 heavy (non-hydrogen) atoms. The Morgan fingerprint density at radius 2 is 1.83 bits per heavy atom. The highest BCUT2D eigenvalue weighted by Gasteiger charge is 2.40. The first kappa shape index (κ1) is 17.2. The van der Waals surface area contributed by atoms with E-state index in [0.717, 1.165) is 0 Å². The number of hydrogen-bond donors (Lipinski definition) is 1. The number of carbonyl (C=O) groups excluding carboxylic acids is 2. The van der Waals surface area contributed by atoms with E-state index in [-0.39, 0.29) is 24.3 Å². The Hall–Kier alpha value is -0.850. The number of esters is 2. The minimum absolute atomic E-state index is 0. The molecule has 0 spiro atoms. The Morgan fingerprint density at radius 1 is 1.28 bits per heavy atom. The van der Waals surface area contributed by atoms with Gasteiger partial charge in [-0.2, -0.15) is 0 Å². The zero-order chi connectivity index (χ0) is 13.2. The van der Waals surface area contributed by atoms with Crippen molar-refractivity contribution in [3.8, 4) is 0 Å². The van der Waals surface area contributed by atoms with Crippen LogP contribution < -0.4 is 5.84 Å². The number of hydrogen-bond acceptors (Lipinski definition) is 6. The molecule has 0 aromatic carbocycles. The molecule has 0 amide bonds. The van der Waals surface area contributed by atoms with E-state index in [9.17, 15) is 9.59 Å². The van der Waals surface area contributed by atoms with Crippen LogP contribution in [0.1, 0.15) is 27.2 Å². The second kappa shape index (κ2) is 6.36. The molecule has 1 heterocycles. The fraction of sp³-hybridized carbons (Fsp3) is 0.818. The second-order valence-electron chi connectivity index (χ2n) is 5.20. The highest BCUT2D eigenvalue weighted by molar-refractivity contribution is 5.85. The molecule has 7 heteroatoms. The van der Waals surface area contributed by atoms with Crippen LogP contribution in [0.5, 0.6) is 0 Å². The second-order valence-corrected chi connectivity index (χ2v) is 5.20. The van der Waals surface area contributed by atoms with E-state index in [2.05, 4.69) is 4.74 Å². The summed E-state index contributed by atoms with van der Waals surface area (Å²) in [4.78, 5) is 23.2. The lowest BCUT2D eigenvalue weighted by Crippen LogP contribution is -2.41. The van der Waals surface area contributed by atoms with Gasteiger partial charge in [0.05, 0.1) is 13.0 Å². The van der Waals surface area contributed by atoms with E-state index in [0.29, 0.717) is 13.0 Å². The van der Waals surface area contributed by atoms with Gasteiger partial charge in [0, 0.05) is 6.54 Å². The van der Waals surface area contributed by atoms with Gasteiger partial charge < -0.3 is 9.47 Å². The van der Waals surface area contributed by atoms with Crippen LogP contribution in [0.15, 0.2) is 0 Å². The molecule has 6 nitrogen and oxygen atoms in total. The topological polar surface area (TPSA) is 81.9 Å². The van der Waals surface area contributed by atoms with Crippen molar-refractivity contribution < 1.29 is 19.1 Å². The molecule has 0 aromatic rings. The monoisotopic (exact) mass is 280 g/mol. The van der Waals surface area contributed by atoms with Crippen LogP contribution in [0.25, 0.3) is 0 Å². The molecule has 1 saturated heterocycles. The number of hydrazine groups is 1. The highest BCUT2D eigenvalue weighted by atomic mass is 35.5. The Kier molecular flexibility index (Phi) is 6.06. The maximum atomic E-state index is 11.8. The number of nitrogens with two attached hydrogens (primary N) is 1. The third kappa shape index (κ3) is 4.44. The molecule has 0 aliphatic carbocycles. The zero-order valence-corrected chi connectivity index (χ0v) is 12.0. The first-order valence-electron chi connectivity index (χ1n) is 5.56. The van der Waals surface area contributed by atoms with Crippen molar-refractivity contribution in [2.24, 2.45) is 11.8 Å². The number of halogens is 1. The lowest BCUT2D eigenvalue weighted by Gasteiger charge is -2.21. The molecule has 0 saturated carbocycles. The number of nitrogens with zero attached hydrogens (tertiary/aromatic N) is 1. The minimum Gasteiger partial charge on any atom is -0.468 e. The molecule has 2 N–H and O–H groups in total. The zero-order valence-electron chi connectivity index (χ0n) is 11.1. The van der Waals surface area contributed by atoms with E-state index < -0.39 is 17.6 Å². The lowest BCUT2D eigenvalue weighted by atomic mass is 10.1. The molecular formula is C11H21ClN2O4. The quantitative estimate of drug-likeness (QED) is 0.585. The fourth-order valence-corrected chi connectivity index (χ4v) is 1.78. The van der Waals surface area contributed by atoms with Crippen molar-refractivity contribution in [1.82, 2.24) is 5.01 Å². The fourth-order valence-electron chi connectivity index (χ4n) is 1.78. The summed E-state index contributed by atoms with van der Waals surface area (Å²) in [5.41, 5.74) is -0.528. The Labute approximate surface area is 113 Å². The van der Waals surface area contributed by atoms with E-state index >= 15 is 0 Å². The summed E-state index contributed by atoms with van der Waals surface area (Å²) in [5, 5.41) is 1.33. The van der Waals surface area contributed by atoms with Crippen molar-refractivity contribution in [3.63, 3.8) is 0 Å². The molecular weight excluding hydrogens is 260 g/mol. The summed E-state index contributed by atoms with van der Waals surface area (Å²) in [5.74, 6) is 4.56. The van der Waals surface area contributed by atoms with Gasteiger partial charge in [-0.25, -0.2) is 5.01 Å². The van der Waals surface area contributed by atoms with Crippen molar-refractivity contribution >= 4 is 24.3 Å². The average Bonchev–Trinajstić information content (AvgIpc) is 2.57. The Morgan fingerprint density at radius 3 is 2.28 bits per heavy atom. The highest BCUT2D eigenvalue weighted by Crippen LogP contribution is 2.24. The maximum Gasteiger partial charge on any atom is 0.324 e. The van der Waals surface area contributed by atoms with Gasteiger partial charge in [0.25, 0.3) is 0 Å². The normalized spacial score (nSPS) is 24.3. The molecule has 1 aliphatic rings. The summed E-state index contributed by atoms with van der Waals surface area (Å²) in [6.07, 6.45) is 0.345. The van der Waals surface area contributed by atoms with Gasteiger partial charge in [0.1, 0.15) is 11.6 Å². The molecule has 1 rings (SSSR count). The third-order valence-electron chi connectivity index (χ3n) is 2.55. The van der Waals surface area contributed by atoms with Crippen molar-refractivity contribution in [1.29, 1.82) is 0 Å². The standard InChI is InChI=1S/C11H20N2O4.ClH/c1-11(2,3)17-9(14)7-5-8(10(15)16-4)13(12)6-7;/h7-8H,5-6,12H2,1-4H3;1H/t7-,8+;/m0./s1. The van der Waals surface area contributed by atoms with Crippen LogP contribution in [0.2, 0.25) is 0 Å². The van der Waals surface area contributed by atoms with Gasteiger partial charge in [-0.1, -0.05) is 0 Å². The van der Waals surface area contributed by atoms with Crippen molar-refractivity contribution in [2.45, 2.75) is 38.8 Å². The van der Waals surface area contributed by atoms with Crippen LogP contribution >= 0.6 is 12.4 Å². The molecule has 0 bridgehead atoms. The van der Waals surface area contributed by atoms with Crippen LogP contribution in [0.3, 0.4) is 0 Å². The Bertz CT molecular complexity index is 317. The first-order chi connectivity index (χ1) is 7.74. The summed E-state index contributed by atoms with van der Waals surface area (Å²) in [7, 11) is 1.30. The van der Waals surface area contributed by atoms with E-state index in [1.165, 1.54) is 12.1 Å². The predicted molar refractivity (Wildman–Crippen MR) is 67.9 cm³/mol. The number of ether oxygens (including phenoxy) is 2. The summed E-state index contributed by atoms with van der Waals surface area (Å²) in [6, 6.07) is -0.558. The maximum absolute atomic E-state index is 11.8. The van der Waals surface area contributed by atoms with Gasteiger partial charge in [0.15, 0.2) is 0 Å². The molecule has 0 unspecified atom stereocenters. The van der Waals surface area contributed by atoms with Gasteiger partial charge in [-0.3, -0.25) is 15.4 Å². The van der Waals surface area contributed by atoms with Crippen molar-refractivity contribution in [2.75, 3.05) is 13.7 Å². The van der Waals surface area contributed by atoms with Gasteiger partial charge in [-0.05, 0) is 27.2 Å². The third-order valence-corrected chi connectivity index (χ3v) is 2.55. The first-order valence-corrected chi connectivity index (χ1v) is 5.56. The average molecular weight is 281 g/mol. The van der Waals surface area contributed by atoms with Crippen LogP contribution in [-0.4, -0.2) is 42.2 Å². The van der Waals surface area contributed by atoms with E-state index in [4.69, 9.17) is 10.6 Å². The van der Waals surface area contributed by atoms with Gasteiger partial charge in [0.2, 0.25) is 0 Å². The van der Waals surface area contributed by atoms with Gasteiger partial charge in [-0.15, -0.1) is 12.4 Å². The predicted octanol–water partition coefficient (Wildman–Crippen LogP) is 0.487. The minimum atomic E-state index is -0.558. The SMILES string of the molecule is COC(=O)[C@H]1C[C@H](C(=O)OC(C)(C)C)CN1N.Cl. The molecule has 2 atom stereocenters. The van der Waals surface area contributed by atoms with Gasteiger partial charge >= 0.3 is 11.9 Å². The summed E-state index contributed by atoms with van der Waals surface area (Å²) >= 11 is 0. The molecule has 1 aliphatic heterocycles. The molecule has 106 valence electrons. The van der Waals surface area contributed by atoms with E-state index in [1.54, 1.807) is 20.8 Å².